The second-order valence-electron chi connectivity index (χ2n) is 6.26. The molecule has 0 aromatic heterocycles. The Hall–Kier alpha value is -2.20. The van der Waals surface area contributed by atoms with Crippen LogP contribution in [0.3, 0.4) is 0 Å². The van der Waals surface area contributed by atoms with Crippen molar-refractivity contribution in [2.75, 3.05) is 0 Å². The number of rotatable bonds is 6. The van der Waals surface area contributed by atoms with Crippen LogP contribution in [-0.2, 0) is 16.4 Å². The topological polar surface area (TPSA) is 67.2 Å². The highest BCUT2D eigenvalue weighted by molar-refractivity contribution is 7.95. The smallest absolute Gasteiger partial charge is 0.216 e. The van der Waals surface area contributed by atoms with Gasteiger partial charge < -0.3 is 4.74 Å². The third-order valence-corrected chi connectivity index (χ3v) is 7.35. The summed E-state index contributed by atoms with van der Waals surface area (Å²) in [6, 6.07) is 17.1. The zero-order valence-electron chi connectivity index (χ0n) is 15.7. The summed E-state index contributed by atoms with van der Waals surface area (Å²) in [4.78, 5) is -0.402. The lowest BCUT2D eigenvalue weighted by Gasteiger charge is -2.11. The number of sulfone groups is 1. The fourth-order valence-electron chi connectivity index (χ4n) is 2.58. The Balaban J connectivity index is 1.79. The molecule has 0 atom stereocenters. The van der Waals surface area contributed by atoms with Crippen LogP contribution < -0.4 is 4.74 Å². The van der Waals surface area contributed by atoms with Crippen molar-refractivity contribution < 1.29 is 13.2 Å². The highest BCUT2D eigenvalue weighted by Gasteiger charge is 2.20. The Morgan fingerprint density at radius 3 is 2.13 bits per heavy atom. The van der Waals surface area contributed by atoms with Crippen LogP contribution in [0, 0.1) is 11.3 Å². The molecule has 3 aromatic rings. The molecule has 158 valence electrons. The molecular formula is C22H13Cl4NO3S. The fourth-order valence-corrected chi connectivity index (χ4v) is 4.52. The maximum Gasteiger partial charge on any atom is 0.216 e. The van der Waals surface area contributed by atoms with E-state index >= 15 is 0 Å². The van der Waals surface area contributed by atoms with Crippen LogP contribution in [0.2, 0.25) is 20.1 Å². The van der Waals surface area contributed by atoms with Crippen molar-refractivity contribution in [2.45, 2.75) is 11.5 Å². The van der Waals surface area contributed by atoms with E-state index in [0.717, 1.165) is 0 Å². The largest absolute Gasteiger partial charge is 0.489 e. The number of benzene rings is 3. The lowest BCUT2D eigenvalue weighted by atomic mass is 10.2. The third-order valence-electron chi connectivity index (χ3n) is 4.22. The first kappa shape index (κ1) is 23.5. The van der Waals surface area contributed by atoms with Gasteiger partial charge in [0, 0.05) is 15.6 Å². The van der Waals surface area contributed by atoms with Crippen molar-refractivity contribution in [3.8, 4) is 11.8 Å². The zero-order chi connectivity index (χ0) is 22.6. The molecule has 0 saturated carbocycles. The van der Waals surface area contributed by atoms with Gasteiger partial charge in [-0.1, -0.05) is 58.5 Å². The Morgan fingerprint density at radius 2 is 1.52 bits per heavy atom. The molecule has 0 spiro atoms. The summed E-state index contributed by atoms with van der Waals surface area (Å²) in [7, 11) is -3.97. The minimum atomic E-state index is -3.97. The summed E-state index contributed by atoms with van der Waals surface area (Å²) in [6.45, 7) is 0.0990. The Labute approximate surface area is 200 Å². The first-order valence-corrected chi connectivity index (χ1v) is 11.7. The number of nitrogens with zero attached hydrogens (tertiary/aromatic N) is 1. The van der Waals surface area contributed by atoms with E-state index in [0.29, 0.717) is 37.0 Å². The van der Waals surface area contributed by atoms with Crippen LogP contribution in [-0.4, -0.2) is 8.42 Å². The molecule has 0 N–H and O–H groups in total. The van der Waals surface area contributed by atoms with Crippen LogP contribution in [0.5, 0.6) is 5.75 Å². The van der Waals surface area contributed by atoms with Crippen LogP contribution in [0.1, 0.15) is 11.1 Å². The van der Waals surface area contributed by atoms with Crippen molar-refractivity contribution in [1.82, 2.24) is 0 Å². The minimum absolute atomic E-state index is 0.0140. The van der Waals surface area contributed by atoms with Gasteiger partial charge in [-0.2, -0.15) is 5.26 Å². The zero-order valence-corrected chi connectivity index (χ0v) is 19.5. The summed E-state index contributed by atoms with van der Waals surface area (Å²) in [5.74, 6) is 0.503. The third kappa shape index (κ3) is 5.54. The van der Waals surface area contributed by atoms with E-state index in [2.05, 4.69) is 0 Å². The monoisotopic (exact) mass is 511 g/mol. The van der Waals surface area contributed by atoms with Crippen molar-refractivity contribution >= 4 is 62.3 Å². The SMILES string of the molecule is N#CC(=Cc1ccc(OCc2c(Cl)ccc(Cl)c2Cl)cc1)S(=O)(=O)c1ccc(Cl)cc1. The molecule has 0 amide bonds. The molecule has 0 aliphatic carbocycles. The van der Waals surface area contributed by atoms with Gasteiger partial charge in [-0.15, -0.1) is 0 Å². The van der Waals surface area contributed by atoms with Gasteiger partial charge in [0.05, 0.1) is 14.9 Å². The molecule has 9 heteroatoms. The molecule has 0 radical (unpaired) electrons. The number of nitriles is 1. The summed E-state index contributed by atoms with van der Waals surface area (Å²) in [5, 5.41) is 10.9. The molecule has 31 heavy (non-hydrogen) atoms. The molecule has 0 aliphatic heterocycles. The van der Waals surface area contributed by atoms with Crippen molar-refractivity contribution in [3.63, 3.8) is 0 Å². The Kier molecular flexibility index (Phi) is 7.53. The molecule has 4 nitrogen and oxygen atoms in total. The van der Waals surface area contributed by atoms with E-state index in [1.54, 1.807) is 42.5 Å². The van der Waals surface area contributed by atoms with E-state index in [4.69, 9.17) is 51.1 Å². The summed E-state index contributed by atoms with van der Waals surface area (Å²) >= 11 is 24.1. The molecule has 0 fully saturated rings. The fraction of sp³-hybridized carbons (Fsp3) is 0.0455. The van der Waals surface area contributed by atoms with Crippen LogP contribution >= 0.6 is 46.4 Å². The van der Waals surface area contributed by atoms with E-state index in [-0.39, 0.29) is 16.4 Å². The number of allylic oxidation sites excluding steroid dienone is 1. The van der Waals surface area contributed by atoms with E-state index in [1.807, 2.05) is 0 Å². The number of hydrogen-bond acceptors (Lipinski definition) is 4. The second-order valence-corrected chi connectivity index (χ2v) is 9.80. The van der Waals surface area contributed by atoms with Gasteiger partial charge >= 0.3 is 0 Å². The van der Waals surface area contributed by atoms with E-state index < -0.39 is 9.84 Å². The van der Waals surface area contributed by atoms with Gasteiger partial charge in [0.1, 0.15) is 23.3 Å². The van der Waals surface area contributed by atoms with Crippen LogP contribution in [0.15, 0.2) is 70.5 Å². The summed E-state index contributed by atoms with van der Waals surface area (Å²) in [6.07, 6.45) is 1.29. The maximum absolute atomic E-state index is 12.7. The number of hydrogen-bond donors (Lipinski definition) is 0. The van der Waals surface area contributed by atoms with E-state index in [1.165, 1.54) is 30.3 Å². The van der Waals surface area contributed by atoms with E-state index in [9.17, 15) is 13.7 Å². The molecule has 3 aromatic carbocycles. The molecular weight excluding hydrogens is 500 g/mol. The quantitative estimate of drug-likeness (QED) is 0.258. The Bertz CT molecular complexity index is 1280. The Morgan fingerprint density at radius 1 is 0.903 bits per heavy atom. The van der Waals surface area contributed by atoms with Crippen molar-refractivity contribution in [2.24, 2.45) is 0 Å². The maximum atomic E-state index is 12.7. The lowest BCUT2D eigenvalue weighted by Crippen LogP contribution is -2.03. The predicted octanol–water partition coefficient (Wildman–Crippen LogP) is 7.22. The summed E-state index contributed by atoms with van der Waals surface area (Å²) < 4.78 is 31.1. The highest BCUT2D eigenvalue weighted by Crippen LogP contribution is 2.32. The second kappa shape index (κ2) is 9.95. The highest BCUT2D eigenvalue weighted by atomic mass is 35.5. The average molecular weight is 513 g/mol. The molecule has 0 aliphatic rings. The van der Waals surface area contributed by atoms with Crippen molar-refractivity contribution in [1.29, 1.82) is 5.26 Å². The first-order valence-electron chi connectivity index (χ1n) is 8.70. The molecule has 0 heterocycles. The number of ether oxygens (including phenoxy) is 1. The average Bonchev–Trinajstić information content (AvgIpc) is 2.76. The molecule has 3 rings (SSSR count). The first-order chi connectivity index (χ1) is 14.7. The predicted molar refractivity (Wildman–Crippen MR) is 124 cm³/mol. The van der Waals surface area contributed by atoms with Gasteiger partial charge in [-0.05, 0) is 60.2 Å². The molecule has 0 bridgehead atoms. The van der Waals surface area contributed by atoms with Crippen LogP contribution in [0.25, 0.3) is 6.08 Å². The van der Waals surface area contributed by atoms with Gasteiger partial charge in [0.15, 0.2) is 0 Å². The van der Waals surface area contributed by atoms with Crippen LogP contribution in [0.4, 0.5) is 0 Å². The normalized spacial score (nSPS) is 11.8. The van der Waals surface area contributed by atoms with Gasteiger partial charge in [0.2, 0.25) is 9.84 Å². The lowest BCUT2D eigenvalue weighted by molar-refractivity contribution is 0.306. The minimum Gasteiger partial charge on any atom is -0.489 e. The van der Waals surface area contributed by atoms with Gasteiger partial charge in [0.25, 0.3) is 0 Å². The van der Waals surface area contributed by atoms with Gasteiger partial charge in [-0.25, -0.2) is 8.42 Å². The number of halogens is 4. The van der Waals surface area contributed by atoms with Crippen molar-refractivity contribution in [3.05, 3.63) is 96.8 Å². The summed E-state index contributed by atoms with van der Waals surface area (Å²) in [5.41, 5.74) is 1.07. The standard InChI is InChI=1S/C22H13Cl4NO3S/c23-15-3-7-17(8-4-15)31(28,29)18(12-27)11-14-1-5-16(6-2-14)30-13-19-20(24)9-10-21(25)22(19)26/h1-11H,13H2. The molecule has 0 unspecified atom stereocenters. The molecule has 0 saturated heterocycles. The van der Waals surface area contributed by atoms with Gasteiger partial charge in [-0.3, -0.25) is 0 Å².